The number of anilines is 1. The van der Waals surface area contributed by atoms with Crippen molar-refractivity contribution in [1.29, 1.82) is 0 Å². The average Bonchev–Trinajstić information content (AvgIpc) is 3.26. The second-order valence-corrected chi connectivity index (χ2v) is 9.57. The SMILES string of the molecule is Cc1cc(C)c2sc(N(CCCN3CCOCC3)C(=O)[C@H]3COc4ccccc4O3)nc2c1. The minimum atomic E-state index is -0.696. The maximum Gasteiger partial charge on any atom is 0.273 e. The molecule has 3 aromatic rings. The number of rotatable bonds is 6. The van der Waals surface area contributed by atoms with Gasteiger partial charge in [-0.3, -0.25) is 14.6 Å². The molecule has 33 heavy (non-hydrogen) atoms. The van der Waals surface area contributed by atoms with Crippen LogP contribution in [0.1, 0.15) is 17.5 Å². The Hall–Kier alpha value is -2.68. The summed E-state index contributed by atoms with van der Waals surface area (Å²) < 4.78 is 18.4. The fourth-order valence-electron chi connectivity index (χ4n) is 4.37. The molecule has 0 saturated carbocycles. The molecule has 0 N–H and O–H groups in total. The molecule has 1 amide bonds. The largest absolute Gasteiger partial charge is 0.485 e. The molecule has 2 aliphatic heterocycles. The van der Waals surface area contributed by atoms with Crippen molar-refractivity contribution in [2.24, 2.45) is 0 Å². The molecule has 0 radical (unpaired) electrons. The van der Waals surface area contributed by atoms with E-state index in [9.17, 15) is 4.79 Å². The first-order chi connectivity index (χ1) is 16.1. The van der Waals surface area contributed by atoms with Crippen LogP contribution >= 0.6 is 11.3 Å². The number of benzene rings is 2. The average molecular weight is 468 g/mol. The number of aromatic nitrogens is 1. The monoisotopic (exact) mass is 467 g/mol. The van der Waals surface area contributed by atoms with Crippen LogP contribution in [0.3, 0.4) is 0 Å². The van der Waals surface area contributed by atoms with Gasteiger partial charge in [0.1, 0.15) is 6.61 Å². The van der Waals surface area contributed by atoms with E-state index in [-0.39, 0.29) is 12.5 Å². The molecule has 3 heterocycles. The number of carbonyl (C=O) groups excluding carboxylic acids is 1. The van der Waals surface area contributed by atoms with Crippen molar-refractivity contribution >= 4 is 32.6 Å². The minimum absolute atomic E-state index is 0.111. The number of hydrogen-bond donors (Lipinski definition) is 0. The number of thiazole rings is 1. The maximum atomic E-state index is 13.7. The van der Waals surface area contributed by atoms with Gasteiger partial charge in [0.25, 0.3) is 5.91 Å². The van der Waals surface area contributed by atoms with Crippen LogP contribution in [0.15, 0.2) is 36.4 Å². The first-order valence-electron chi connectivity index (χ1n) is 11.5. The van der Waals surface area contributed by atoms with E-state index in [4.69, 9.17) is 19.2 Å². The van der Waals surface area contributed by atoms with Crippen molar-refractivity contribution in [3.63, 3.8) is 0 Å². The van der Waals surface area contributed by atoms with Gasteiger partial charge in [-0.1, -0.05) is 29.5 Å². The number of hydrogen-bond acceptors (Lipinski definition) is 7. The van der Waals surface area contributed by atoms with Crippen LogP contribution in [-0.2, 0) is 9.53 Å². The van der Waals surface area contributed by atoms with Crippen LogP contribution in [0.5, 0.6) is 11.5 Å². The minimum Gasteiger partial charge on any atom is -0.485 e. The standard InChI is InChI=1S/C25H29N3O4S/c1-17-14-18(2)23-19(15-17)26-25(33-23)28(9-5-8-27-10-12-30-13-11-27)24(29)22-16-31-20-6-3-4-7-21(20)32-22/h3-4,6-7,14-15,22H,5,8-13,16H2,1-2H3/t22-/m1/s1. The van der Waals surface area contributed by atoms with Gasteiger partial charge in [-0.15, -0.1) is 0 Å². The highest BCUT2D eigenvalue weighted by atomic mass is 32.1. The molecule has 2 aromatic carbocycles. The highest BCUT2D eigenvalue weighted by Crippen LogP contribution is 2.35. The summed E-state index contributed by atoms with van der Waals surface area (Å²) in [7, 11) is 0. The molecule has 1 fully saturated rings. The number of carbonyl (C=O) groups is 1. The van der Waals surface area contributed by atoms with Crippen LogP contribution in [0.2, 0.25) is 0 Å². The van der Waals surface area contributed by atoms with E-state index >= 15 is 0 Å². The van der Waals surface area contributed by atoms with Crippen molar-refractivity contribution in [2.45, 2.75) is 26.4 Å². The predicted octanol–water partition coefficient (Wildman–Crippen LogP) is 3.81. The normalized spacial score (nSPS) is 18.4. The van der Waals surface area contributed by atoms with Gasteiger partial charge in [-0.05, 0) is 49.6 Å². The summed E-state index contributed by atoms with van der Waals surface area (Å²) in [6, 6.07) is 11.7. The molecule has 7 nitrogen and oxygen atoms in total. The summed E-state index contributed by atoms with van der Waals surface area (Å²) in [5.74, 6) is 1.16. The zero-order chi connectivity index (χ0) is 22.8. The number of aryl methyl sites for hydroxylation is 2. The summed E-state index contributed by atoms with van der Waals surface area (Å²) in [5.41, 5.74) is 3.29. The van der Waals surface area contributed by atoms with Crippen molar-refractivity contribution in [3.8, 4) is 11.5 Å². The number of amides is 1. The molecule has 5 rings (SSSR count). The van der Waals surface area contributed by atoms with Crippen LogP contribution in [0.4, 0.5) is 5.13 Å². The molecular weight excluding hydrogens is 438 g/mol. The Balaban J connectivity index is 1.38. The highest BCUT2D eigenvalue weighted by molar-refractivity contribution is 7.22. The zero-order valence-electron chi connectivity index (χ0n) is 19.1. The highest BCUT2D eigenvalue weighted by Gasteiger charge is 2.33. The van der Waals surface area contributed by atoms with E-state index in [2.05, 4.69) is 30.9 Å². The smallest absolute Gasteiger partial charge is 0.273 e. The molecule has 0 aliphatic carbocycles. The number of fused-ring (bicyclic) bond motifs is 2. The van der Waals surface area contributed by atoms with E-state index in [0.29, 0.717) is 23.2 Å². The van der Waals surface area contributed by atoms with E-state index in [1.807, 2.05) is 24.3 Å². The van der Waals surface area contributed by atoms with Crippen LogP contribution < -0.4 is 14.4 Å². The molecule has 0 spiro atoms. The lowest BCUT2D eigenvalue weighted by Crippen LogP contribution is -2.47. The Labute approximate surface area is 197 Å². The Morgan fingerprint density at radius 3 is 2.79 bits per heavy atom. The second-order valence-electron chi connectivity index (χ2n) is 8.59. The maximum absolute atomic E-state index is 13.7. The van der Waals surface area contributed by atoms with Crippen LogP contribution in [-0.4, -0.2) is 67.9 Å². The molecule has 2 aliphatic rings. The van der Waals surface area contributed by atoms with Crippen molar-refractivity contribution in [2.75, 3.05) is 50.9 Å². The molecule has 1 aromatic heterocycles. The van der Waals surface area contributed by atoms with Gasteiger partial charge in [0.2, 0.25) is 6.10 Å². The number of nitrogens with zero attached hydrogens (tertiary/aromatic N) is 3. The number of morpholine rings is 1. The first-order valence-corrected chi connectivity index (χ1v) is 12.3. The third-order valence-electron chi connectivity index (χ3n) is 6.05. The fourth-order valence-corrected chi connectivity index (χ4v) is 5.42. The van der Waals surface area contributed by atoms with Gasteiger partial charge < -0.3 is 14.2 Å². The Kier molecular flexibility index (Phi) is 6.48. The summed E-state index contributed by atoms with van der Waals surface area (Å²) in [6.45, 7) is 9.26. The predicted molar refractivity (Wildman–Crippen MR) is 130 cm³/mol. The molecule has 1 saturated heterocycles. The first kappa shape index (κ1) is 22.1. The van der Waals surface area contributed by atoms with Gasteiger partial charge >= 0.3 is 0 Å². The summed E-state index contributed by atoms with van der Waals surface area (Å²) in [5, 5.41) is 0.716. The number of para-hydroxylation sites is 2. The molecule has 8 heteroatoms. The lowest BCUT2D eigenvalue weighted by molar-refractivity contribution is -0.127. The van der Waals surface area contributed by atoms with E-state index in [0.717, 1.165) is 49.5 Å². The Morgan fingerprint density at radius 2 is 1.97 bits per heavy atom. The molecule has 0 unspecified atom stereocenters. The fraction of sp³-hybridized carbons (Fsp3) is 0.440. The Bertz CT molecular complexity index is 1140. The van der Waals surface area contributed by atoms with E-state index < -0.39 is 6.10 Å². The van der Waals surface area contributed by atoms with Crippen molar-refractivity contribution in [3.05, 3.63) is 47.5 Å². The third kappa shape index (κ3) is 4.83. The number of ether oxygens (including phenoxy) is 3. The van der Waals surface area contributed by atoms with Gasteiger partial charge in [0, 0.05) is 26.2 Å². The van der Waals surface area contributed by atoms with Crippen molar-refractivity contribution in [1.82, 2.24) is 9.88 Å². The third-order valence-corrected chi connectivity index (χ3v) is 7.28. The molecule has 174 valence electrons. The molecular formula is C25H29N3O4S. The van der Waals surface area contributed by atoms with Gasteiger partial charge in [-0.25, -0.2) is 4.98 Å². The lowest BCUT2D eigenvalue weighted by atomic mass is 10.1. The van der Waals surface area contributed by atoms with E-state index in [1.165, 1.54) is 11.1 Å². The summed E-state index contributed by atoms with van der Waals surface area (Å²) in [4.78, 5) is 22.7. The summed E-state index contributed by atoms with van der Waals surface area (Å²) >= 11 is 1.57. The Morgan fingerprint density at radius 1 is 1.18 bits per heavy atom. The zero-order valence-corrected chi connectivity index (χ0v) is 19.9. The summed E-state index contributed by atoms with van der Waals surface area (Å²) in [6.07, 6.45) is 0.155. The van der Waals surface area contributed by atoms with Crippen LogP contribution in [0, 0.1) is 13.8 Å². The molecule has 1 atom stereocenters. The molecule has 0 bridgehead atoms. The van der Waals surface area contributed by atoms with Gasteiger partial charge in [-0.2, -0.15) is 0 Å². The topological polar surface area (TPSA) is 64.1 Å². The van der Waals surface area contributed by atoms with Gasteiger partial charge in [0.05, 0.1) is 23.4 Å². The van der Waals surface area contributed by atoms with Crippen molar-refractivity contribution < 1.29 is 19.0 Å². The van der Waals surface area contributed by atoms with Crippen LogP contribution in [0.25, 0.3) is 10.2 Å². The quantitative estimate of drug-likeness (QED) is 0.549. The lowest BCUT2D eigenvalue weighted by Gasteiger charge is -2.31. The van der Waals surface area contributed by atoms with Gasteiger partial charge in [0.15, 0.2) is 16.6 Å². The van der Waals surface area contributed by atoms with E-state index in [1.54, 1.807) is 16.2 Å². The second kappa shape index (κ2) is 9.67.